The summed E-state index contributed by atoms with van der Waals surface area (Å²) in [5.41, 5.74) is -0.831. The van der Waals surface area contributed by atoms with Crippen molar-refractivity contribution in [2.24, 2.45) is 0 Å². The first-order valence-electron chi connectivity index (χ1n) is 5.66. The van der Waals surface area contributed by atoms with Gasteiger partial charge in [0.1, 0.15) is 11.6 Å². The van der Waals surface area contributed by atoms with Crippen LogP contribution in [0.1, 0.15) is 5.56 Å². The average molecular weight is 279 g/mol. The number of nitrogens with zero attached hydrogens (tertiary/aromatic N) is 2. The number of rotatable bonds is 6. The molecule has 0 aliphatic carbocycles. The maximum Gasteiger partial charge on any atom is 0.416 e. The van der Waals surface area contributed by atoms with Crippen molar-refractivity contribution in [3.63, 3.8) is 0 Å². The highest BCUT2D eigenvalue weighted by Crippen LogP contribution is 2.32. The molecule has 1 aromatic rings. The fourth-order valence-electron chi connectivity index (χ4n) is 1.55. The number of pyridine rings is 1. The molecule has 1 heterocycles. The molecule has 19 heavy (non-hydrogen) atoms. The Labute approximate surface area is 108 Å². The van der Waals surface area contributed by atoms with Crippen LogP contribution in [-0.2, 0) is 6.18 Å². The van der Waals surface area contributed by atoms with E-state index in [0.29, 0.717) is 0 Å². The minimum atomic E-state index is -4.48. The van der Waals surface area contributed by atoms with Crippen LogP contribution < -0.4 is 10.2 Å². The maximum absolute atomic E-state index is 12.7. The van der Waals surface area contributed by atoms with E-state index in [1.54, 1.807) is 0 Å². The summed E-state index contributed by atoms with van der Waals surface area (Å²) in [6, 6.07) is 1.80. The molecule has 5 nitrogen and oxygen atoms in total. The van der Waals surface area contributed by atoms with Crippen LogP contribution in [0, 0.1) is 0 Å². The molecule has 0 aromatic carbocycles. The van der Waals surface area contributed by atoms with Gasteiger partial charge in [-0.05, 0) is 12.1 Å². The van der Waals surface area contributed by atoms with Crippen LogP contribution in [0.3, 0.4) is 0 Å². The number of halogens is 3. The lowest BCUT2D eigenvalue weighted by Gasteiger charge is -2.23. The Balaban J connectivity index is 3.17. The van der Waals surface area contributed by atoms with Gasteiger partial charge in [-0.1, -0.05) is 0 Å². The van der Waals surface area contributed by atoms with Gasteiger partial charge in [0.05, 0.1) is 18.8 Å². The topological polar surface area (TPSA) is 68.6 Å². The second-order valence-electron chi connectivity index (χ2n) is 3.78. The number of anilines is 2. The van der Waals surface area contributed by atoms with E-state index >= 15 is 0 Å². The van der Waals surface area contributed by atoms with Crippen molar-refractivity contribution in [3.8, 4) is 0 Å². The van der Waals surface area contributed by atoms with Crippen molar-refractivity contribution >= 4 is 11.6 Å². The molecule has 108 valence electrons. The normalized spacial score (nSPS) is 11.5. The minimum absolute atomic E-state index is 0.0577. The van der Waals surface area contributed by atoms with E-state index in [1.165, 1.54) is 11.9 Å². The molecule has 0 aliphatic rings. The zero-order chi connectivity index (χ0) is 14.5. The molecule has 0 bridgehead atoms. The predicted molar refractivity (Wildman–Crippen MR) is 65.2 cm³/mol. The monoisotopic (exact) mass is 279 g/mol. The Morgan fingerprint density at radius 2 is 1.79 bits per heavy atom. The molecule has 0 spiro atoms. The third kappa shape index (κ3) is 4.25. The largest absolute Gasteiger partial charge is 0.416 e. The molecule has 0 atom stereocenters. The summed E-state index contributed by atoms with van der Waals surface area (Å²) in [5, 5.41) is 20.3. The SMILES string of the molecule is CNc1cc(C(F)(F)F)cc(N(CCO)CCO)n1. The number of nitrogens with one attached hydrogen (secondary N) is 1. The summed E-state index contributed by atoms with van der Waals surface area (Å²) in [5.74, 6) is 0.132. The molecule has 1 aromatic heterocycles. The lowest BCUT2D eigenvalue weighted by atomic mass is 10.2. The average Bonchev–Trinajstić information content (AvgIpc) is 2.37. The van der Waals surface area contributed by atoms with E-state index in [9.17, 15) is 13.2 Å². The smallest absolute Gasteiger partial charge is 0.395 e. The number of aliphatic hydroxyl groups is 2. The van der Waals surface area contributed by atoms with Gasteiger partial charge in [-0.2, -0.15) is 13.2 Å². The van der Waals surface area contributed by atoms with Gasteiger partial charge in [0.25, 0.3) is 0 Å². The van der Waals surface area contributed by atoms with Crippen LogP contribution in [0.25, 0.3) is 0 Å². The van der Waals surface area contributed by atoms with Crippen LogP contribution in [0.4, 0.5) is 24.8 Å². The summed E-state index contributed by atoms with van der Waals surface area (Å²) < 4.78 is 38.2. The highest BCUT2D eigenvalue weighted by molar-refractivity contribution is 5.51. The molecule has 0 fully saturated rings. The van der Waals surface area contributed by atoms with Crippen molar-refractivity contribution in [1.29, 1.82) is 0 Å². The molecular weight excluding hydrogens is 263 g/mol. The van der Waals surface area contributed by atoms with Crippen LogP contribution in [0.15, 0.2) is 12.1 Å². The quantitative estimate of drug-likeness (QED) is 0.723. The van der Waals surface area contributed by atoms with Crippen molar-refractivity contribution in [2.45, 2.75) is 6.18 Å². The van der Waals surface area contributed by atoms with Gasteiger partial charge >= 0.3 is 6.18 Å². The van der Waals surface area contributed by atoms with E-state index < -0.39 is 11.7 Å². The molecule has 8 heteroatoms. The minimum Gasteiger partial charge on any atom is -0.395 e. The lowest BCUT2D eigenvalue weighted by molar-refractivity contribution is -0.137. The van der Waals surface area contributed by atoms with E-state index in [2.05, 4.69) is 10.3 Å². The second kappa shape index (κ2) is 6.58. The third-order valence-corrected chi connectivity index (χ3v) is 2.46. The van der Waals surface area contributed by atoms with Crippen LogP contribution >= 0.6 is 0 Å². The van der Waals surface area contributed by atoms with Gasteiger partial charge in [0, 0.05) is 20.1 Å². The standard InChI is InChI=1S/C11H16F3N3O2/c1-15-9-6-8(11(12,13)14)7-10(16-9)17(2-4-18)3-5-19/h6-7,18-19H,2-5H2,1H3,(H,15,16). The predicted octanol–water partition coefficient (Wildman–Crippen LogP) is 0.933. The van der Waals surface area contributed by atoms with Crippen molar-refractivity contribution in [2.75, 3.05) is 43.6 Å². The Hall–Kier alpha value is -1.54. The van der Waals surface area contributed by atoms with Crippen molar-refractivity contribution in [3.05, 3.63) is 17.7 Å². The highest BCUT2D eigenvalue weighted by atomic mass is 19.4. The van der Waals surface area contributed by atoms with Crippen LogP contribution in [0.2, 0.25) is 0 Å². The van der Waals surface area contributed by atoms with Crippen LogP contribution in [-0.4, -0.2) is 48.5 Å². The maximum atomic E-state index is 12.7. The summed E-state index contributed by atoms with van der Waals surface area (Å²) >= 11 is 0. The molecular formula is C11H16F3N3O2. The third-order valence-electron chi connectivity index (χ3n) is 2.46. The van der Waals surface area contributed by atoms with E-state index in [4.69, 9.17) is 10.2 Å². The molecule has 3 N–H and O–H groups in total. The van der Waals surface area contributed by atoms with Gasteiger partial charge in [-0.25, -0.2) is 4.98 Å². The number of hydrogen-bond acceptors (Lipinski definition) is 5. The number of hydrogen-bond donors (Lipinski definition) is 3. The lowest BCUT2D eigenvalue weighted by Crippen LogP contribution is -2.31. The highest BCUT2D eigenvalue weighted by Gasteiger charge is 2.32. The zero-order valence-corrected chi connectivity index (χ0v) is 10.4. The molecule has 0 radical (unpaired) electrons. The number of alkyl halides is 3. The van der Waals surface area contributed by atoms with E-state index in [-0.39, 0.29) is 37.9 Å². The van der Waals surface area contributed by atoms with E-state index in [1.807, 2.05) is 0 Å². The summed E-state index contributed by atoms with van der Waals surface area (Å²) in [4.78, 5) is 5.38. The molecule has 0 unspecified atom stereocenters. The first-order chi connectivity index (χ1) is 8.92. The van der Waals surface area contributed by atoms with Crippen molar-refractivity contribution in [1.82, 2.24) is 4.98 Å². The first-order valence-corrected chi connectivity index (χ1v) is 5.66. The Kier molecular flexibility index (Phi) is 5.37. The van der Waals surface area contributed by atoms with Gasteiger partial charge in [0.2, 0.25) is 0 Å². The molecule has 0 saturated carbocycles. The first kappa shape index (κ1) is 15.5. The summed E-state index contributed by atoms with van der Waals surface area (Å²) in [7, 11) is 1.47. The fraction of sp³-hybridized carbons (Fsp3) is 0.545. The van der Waals surface area contributed by atoms with Gasteiger partial charge in [-0.3, -0.25) is 0 Å². The van der Waals surface area contributed by atoms with Crippen LogP contribution in [0.5, 0.6) is 0 Å². The Morgan fingerprint density at radius 1 is 1.21 bits per heavy atom. The van der Waals surface area contributed by atoms with E-state index in [0.717, 1.165) is 12.1 Å². The zero-order valence-electron chi connectivity index (χ0n) is 10.4. The summed E-state index contributed by atoms with van der Waals surface area (Å²) in [6.45, 7) is -0.296. The number of aliphatic hydroxyl groups excluding tert-OH is 2. The molecule has 0 aliphatic heterocycles. The van der Waals surface area contributed by atoms with Gasteiger partial charge < -0.3 is 20.4 Å². The van der Waals surface area contributed by atoms with Gasteiger partial charge in [-0.15, -0.1) is 0 Å². The van der Waals surface area contributed by atoms with Gasteiger partial charge in [0.15, 0.2) is 0 Å². The molecule has 0 amide bonds. The Bertz CT molecular complexity index is 407. The number of aromatic nitrogens is 1. The van der Waals surface area contributed by atoms with Crippen molar-refractivity contribution < 1.29 is 23.4 Å². The Morgan fingerprint density at radius 3 is 2.21 bits per heavy atom. The summed E-state index contributed by atoms with van der Waals surface area (Å²) in [6.07, 6.45) is -4.48. The fourth-order valence-corrected chi connectivity index (χ4v) is 1.55. The molecule has 1 rings (SSSR count). The molecule has 0 saturated heterocycles. The second-order valence-corrected chi connectivity index (χ2v) is 3.78.